The van der Waals surface area contributed by atoms with Crippen LogP contribution in [-0.2, 0) is 6.42 Å². The molecule has 0 saturated heterocycles. The number of hydrogen-bond donors (Lipinski definition) is 1. The lowest BCUT2D eigenvalue weighted by Crippen LogP contribution is -2.33. The van der Waals surface area contributed by atoms with Crippen LogP contribution in [0.15, 0.2) is 36.9 Å². The number of likely N-dealkylation sites (N-methyl/N-ethyl adjacent to an activating group) is 1. The van der Waals surface area contributed by atoms with Crippen molar-refractivity contribution in [2.75, 3.05) is 32.0 Å². The van der Waals surface area contributed by atoms with Gasteiger partial charge in [0.25, 0.3) is 0 Å². The van der Waals surface area contributed by atoms with E-state index >= 15 is 0 Å². The van der Waals surface area contributed by atoms with Crippen molar-refractivity contribution < 1.29 is 0 Å². The minimum absolute atomic E-state index is 0.708. The minimum atomic E-state index is 0.708. The van der Waals surface area contributed by atoms with Gasteiger partial charge in [0, 0.05) is 25.3 Å². The highest BCUT2D eigenvalue weighted by molar-refractivity contribution is 5.53. The van der Waals surface area contributed by atoms with Gasteiger partial charge < -0.3 is 10.2 Å². The Hall–Kier alpha value is -1.28. The molecule has 1 aliphatic heterocycles. The smallest absolute Gasteiger partial charge is 0.0372 e. The minimum Gasteiger partial charge on any atom is -0.384 e. The molecule has 0 spiro atoms. The highest BCUT2D eigenvalue weighted by Gasteiger charge is 2.18. The van der Waals surface area contributed by atoms with Crippen LogP contribution < -0.4 is 5.32 Å². The lowest BCUT2D eigenvalue weighted by molar-refractivity contribution is 0.303. The van der Waals surface area contributed by atoms with Crippen LogP contribution in [0.4, 0.5) is 5.69 Å². The van der Waals surface area contributed by atoms with Crippen molar-refractivity contribution in [3.8, 4) is 0 Å². The van der Waals surface area contributed by atoms with Crippen LogP contribution in [0.5, 0.6) is 0 Å². The van der Waals surface area contributed by atoms with Gasteiger partial charge in [-0.05, 0) is 31.0 Å². The van der Waals surface area contributed by atoms with E-state index in [0.29, 0.717) is 5.92 Å². The fraction of sp³-hybridized carbons (Fsp3) is 0.429. The van der Waals surface area contributed by atoms with Gasteiger partial charge in [-0.25, -0.2) is 0 Å². The van der Waals surface area contributed by atoms with Crippen LogP contribution in [0.25, 0.3) is 0 Å². The molecular weight excluding hydrogens is 196 g/mol. The van der Waals surface area contributed by atoms with Gasteiger partial charge >= 0.3 is 0 Å². The largest absolute Gasteiger partial charge is 0.384 e. The maximum atomic E-state index is 3.77. The second kappa shape index (κ2) is 5.17. The summed E-state index contributed by atoms with van der Waals surface area (Å²) in [7, 11) is 2.15. The second-order valence-electron chi connectivity index (χ2n) is 4.62. The molecule has 0 bridgehead atoms. The van der Waals surface area contributed by atoms with Crippen molar-refractivity contribution >= 4 is 5.69 Å². The SMILES string of the molecule is C=CCN(C)CC1CNc2ccccc2C1. The molecular formula is C14H20N2. The standard InChI is InChI=1S/C14H20N2/c1-3-8-16(2)11-12-9-13-6-4-5-7-14(13)15-10-12/h3-7,12,15H,1,8-11H2,2H3. The van der Waals surface area contributed by atoms with E-state index < -0.39 is 0 Å². The van der Waals surface area contributed by atoms with E-state index in [0.717, 1.165) is 19.6 Å². The summed E-state index contributed by atoms with van der Waals surface area (Å²) in [5.74, 6) is 0.708. The Labute approximate surface area is 98.0 Å². The molecule has 1 aromatic carbocycles. The summed E-state index contributed by atoms with van der Waals surface area (Å²) in [6, 6.07) is 8.60. The average Bonchev–Trinajstić information content (AvgIpc) is 2.29. The molecule has 0 aromatic heterocycles. The fourth-order valence-corrected chi connectivity index (χ4v) is 2.37. The number of para-hydroxylation sites is 1. The van der Waals surface area contributed by atoms with Crippen molar-refractivity contribution in [1.82, 2.24) is 4.90 Å². The quantitative estimate of drug-likeness (QED) is 0.777. The average molecular weight is 216 g/mol. The lowest BCUT2D eigenvalue weighted by atomic mass is 9.93. The summed E-state index contributed by atoms with van der Waals surface area (Å²) < 4.78 is 0. The van der Waals surface area contributed by atoms with Crippen molar-refractivity contribution in [3.63, 3.8) is 0 Å². The first-order valence-corrected chi connectivity index (χ1v) is 5.91. The van der Waals surface area contributed by atoms with Gasteiger partial charge in [0.05, 0.1) is 0 Å². The normalized spacial score (nSPS) is 19.0. The summed E-state index contributed by atoms with van der Waals surface area (Å²) in [5.41, 5.74) is 2.76. The maximum absolute atomic E-state index is 3.77. The number of fused-ring (bicyclic) bond motifs is 1. The third kappa shape index (κ3) is 2.64. The molecule has 86 valence electrons. The van der Waals surface area contributed by atoms with Crippen LogP contribution >= 0.6 is 0 Å². The Morgan fingerprint density at radius 1 is 1.50 bits per heavy atom. The van der Waals surface area contributed by atoms with E-state index in [1.807, 2.05) is 6.08 Å². The van der Waals surface area contributed by atoms with Crippen molar-refractivity contribution in [3.05, 3.63) is 42.5 Å². The predicted molar refractivity (Wildman–Crippen MR) is 69.8 cm³/mol. The molecule has 0 fully saturated rings. The first-order chi connectivity index (χ1) is 7.79. The summed E-state index contributed by atoms with van der Waals surface area (Å²) in [6.07, 6.45) is 3.15. The molecule has 0 amide bonds. The number of benzene rings is 1. The van der Waals surface area contributed by atoms with Gasteiger partial charge in [-0.15, -0.1) is 6.58 Å². The summed E-state index contributed by atoms with van der Waals surface area (Å²) >= 11 is 0. The molecule has 1 unspecified atom stereocenters. The van der Waals surface area contributed by atoms with Crippen molar-refractivity contribution in [2.45, 2.75) is 6.42 Å². The van der Waals surface area contributed by atoms with Crippen LogP contribution in [0.1, 0.15) is 5.56 Å². The Bertz CT molecular complexity index is 360. The monoisotopic (exact) mass is 216 g/mol. The third-order valence-electron chi connectivity index (χ3n) is 3.12. The fourth-order valence-electron chi connectivity index (χ4n) is 2.37. The molecule has 0 aliphatic carbocycles. The van der Waals surface area contributed by atoms with E-state index in [-0.39, 0.29) is 0 Å². The lowest BCUT2D eigenvalue weighted by Gasteiger charge is -2.29. The first-order valence-electron chi connectivity index (χ1n) is 5.91. The highest BCUT2D eigenvalue weighted by Crippen LogP contribution is 2.24. The van der Waals surface area contributed by atoms with E-state index in [4.69, 9.17) is 0 Å². The Balaban J connectivity index is 1.95. The zero-order valence-electron chi connectivity index (χ0n) is 9.95. The Kier molecular flexibility index (Phi) is 3.62. The maximum Gasteiger partial charge on any atom is 0.0372 e. The van der Waals surface area contributed by atoms with Gasteiger partial charge in [-0.1, -0.05) is 24.3 Å². The molecule has 1 aliphatic rings. The molecule has 1 heterocycles. The number of nitrogens with zero attached hydrogens (tertiary/aromatic N) is 1. The number of nitrogens with one attached hydrogen (secondary N) is 1. The van der Waals surface area contributed by atoms with Crippen LogP contribution in [0, 0.1) is 5.92 Å². The highest BCUT2D eigenvalue weighted by atomic mass is 15.1. The topological polar surface area (TPSA) is 15.3 Å². The number of hydrogen-bond acceptors (Lipinski definition) is 2. The molecule has 2 nitrogen and oxygen atoms in total. The van der Waals surface area contributed by atoms with Gasteiger partial charge in [0.15, 0.2) is 0 Å². The molecule has 16 heavy (non-hydrogen) atoms. The molecule has 0 radical (unpaired) electrons. The van der Waals surface area contributed by atoms with Gasteiger partial charge in [-0.2, -0.15) is 0 Å². The van der Waals surface area contributed by atoms with E-state index in [9.17, 15) is 0 Å². The third-order valence-corrected chi connectivity index (χ3v) is 3.12. The number of anilines is 1. The van der Waals surface area contributed by atoms with Gasteiger partial charge in [-0.3, -0.25) is 0 Å². The van der Waals surface area contributed by atoms with E-state index in [1.165, 1.54) is 17.7 Å². The van der Waals surface area contributed by atoms with Crippen LogP contribution in [0.2, 0.25) is 0 Å². The molecule has 2 heteroatoms. The zero-order chi connectivity index (χ0) is 11.4. The van der Waals surface area contributed by atoms with Crippen molar-refractivity contribution in [1.29, 1.82) is 0 Å². The Morgan fingerprint density at radius 2 is 2.31 bits per heavy atom. The second-order valence-corrected chi connectivity index (χ2v) is 4.62. The van der Waals surface area contributed by atoms with Gasteiger partial charge in [0.2, 0.25) is 0 Å². The molecule has 0 saturated carbocycles. The summed E-state index contributed by atoms with van der Waals surface area (Å²) in [6.45, 7) is 6.96. The predicted octanol–water partition coefficient (Wildman–Crippen LogP) is 2.39. The molecule has 1 atom stereocenters. The van der Waals surface area contributed by atoms with Gasteiger partial charge in [0.1, 0.15) is 0 Å². The summed E-state index contributed by atoms with van der Waals surface area (Å²) in [4.78, 5) is 2.33. The first kappa shape index (κ1) is 11.2. The molecule has 1 N–H and O–H groups in total. The van der Waals surface area contributed by atoms with E-state index in [2.05, 4.69) is 48.1 Å². The zero-order valence-corrected chi connectivity index (χ0v) is 9.95. The molecule has 1 aromatic rings. The van der Waals surface area contributed by atoms with Crippen LogP contribution in [-0.4, -0.2) is 31.6 Å². The van der Waals surface area contributed by atoms with Crippen molar-refractivity contribution in [2.24, 2.45) is 5.92 Å². The van der Waals surface area contributed by atoms with Crippen LogP contribution in [0.3, 0.4) is 0 Å². The Morgan fingerprint density at radius 3 is 3.12 bits per heavy atom. The summed E-state index contributed by atoms with van der Waals surface area (Å²) in [5, 5.41) is 3.51. The molecule has 2 rings (SSSR count). The van der Waals surface area contributed by atoms with E-state index in [1.54, 1.807) is 0 Å². The number of rotatable bonds is 4.